The maximum Gasteiger partial charge on any atom is 0.240 e. The Morgan fingerprint density at radius 2 is 2.09 bits per heavy atom. The molecular weight excluding hydrogens is 318 g/mol. The molecule has 0 aliphatic heterocycles. The third kappa shape index (κ3) is 4.57. The van der Waals surface area contributed by atoms with Gasteiger partial charge in [-0.15, -0.1) is 0 Å². The molecule has 0 amide bonds. The Morgan fingerprint density at radius 1 is 1.35 bits per heavy atom. The van der Waals surface area contributed by atoms with E-state index in [1.807, 2.05) is 0 Å². The first-order chi connectivity index (χ1) is 10.7. The number of hydrogen-bond acceptors (Lipinski definition) is 5. The summed E-state index contributed by atoms with van der Waals surface area (Å²) in [5, 5.41) is 10.3. The van der Waals surface area contributed by atoms with E-state index >= 15 is 0 Å². The Hall–Kier alpha value is -1.83. The predicted octanol–water partition coefficient (Wildman–Crippen LogP) is 1.87. The van der Waals surface area contributed by atoms with Gasteiger partial charge in [-0.3, -0.25) is 0 Å². The van der Waals surface area contributed by atoms with Gasteiger partial charge in [0.05, 0.1) is 23.9 Å². The van der Waals surface area contributed by atoms with E-state index in [1.54, 1.807) is 38.1 Å². The summed E-state index contributed by atoms with van der Waals surface area (Å²) in [6.07, 6.45) is 1.72. The summed E-state index contributed by atoms with van der Waals surface area (Å²) in [6.45, 7) is 3.12. The number of nitrogens with one attached hydrogen (secondary N) is 1. The van der Waals surface area contributed by atoms with Gasteiger partial charge in [-0.25, -0.2) is 13.1 Å². The molecular formula is C16H21NO5S. The first kappa shape index (κ1) is 17.5. The van der Waals surface area contributed by atoms with E-state index in [9.17, 15) is 13.5 Å². The third-order valence-electron chi connectivity index (χ3n) is 3.45. The molecule has 0 spiro atoms. The Kier molecular flexibility index (Phi) is 5.13. The number of methoxy groups -OCH3 is 1. The molecule has 0 radical (unpaired) electrons. The van der Waals surface area contributed by atoms with Crippen LogP contribution >= 0.6 is 0 Å². The minimum absolute atomic E-state index is 0.124. The lowest BCUT2D eigenvalue weighted by molar-refractivity contribution is 0.0603. The number of furan rings is 1. The van der Waals surface area contributed by atoms with Gasteiger partial charge in [-0.05, 0) is 49.7 Å². The van der Waals surface area contributed by atoms with Gasteiger partial charge in [-0.2, -0.15) is 0 Å². The zero-order chi connectivity index (χ0) is 17.1. The second-order valence-electron chi connectivity index (χ2n) is 5.71. The third-order valence-corrected chi connectivity index (χ3v) is 5.01. The lowest BCUT2D eigenvalue weighted by atomic mass is 10.0. The van der Waals surface area contributed by atoms with Crippen LogP contribution in [-0.4, -0.2) is 32.8 Å². The molecule has 0 bridgehead atoms. The summed E-state index contributed by atoms with van der Waals surface area (Å²) in [7, 11) is -2.20. The maximum absolute atomic E-state index is 12.4. The number of benzene rings is 1. The molecule has 1 aromatic carbocycles. The average molecular weight is 339 g/mol. The molecule has 7 heteroatoms. The molecule has 0 unspecified atom stereocenters. The quantitative estimate of drug-likeness (QED) is 0.804. The summed E-state index contributed by atoms with van der Waals surface area (Å²) >= 11 is 0. The molecule has 0 saturated carbocycles. The van der Waals surface area contributed by atoms with Gasteiger partial charge in [0.1, 0.15) is 11.5 Å². The predicted molar refractivity (Wildman–Crippen MR) is 86.0 cm³/mol. The fourth-order valence-corrected chi connectivity index (χ4v) is 3.62. The van der Waals surface area contributed by atoms with Crippen LogP contribution < -0.4 is 9.46 Å². The number of sulfonamides is 1. The molecule has 1 heterocycles. The van der Waals surface area contributed by atoms with E-state index in [4.69, 9.17) is 9.15 Å². The lowest BCUT2D eigenvalue weighted by Gasteiger charge is -2.22. The molecule has 0 aliphatic rings. The standard InChI is InChI=1S/C16H21NO5S/c1-12-9-13(21-3)6-7-15(12)23(19,20)17-11-16(2,18)10-14-5-4-8-22-14/h4-9,17-18H,10-11H2,1-3H3/t16-/m1/s1. The van der Waals surface area contributed by atoms with E-state index in [1.165, 1.54) is 19.4 Å². The molecule has 23 heavy (non-hydrogen) atoms. The van der Waals surface area contributed by atoms with E-state index in [0.717, 1.165) is 0 Å². The molecule has 1 atom stereocenters. The first-order valence-electron chi connectivity index (χ1n) is 7.12. The summed E-state index contributed by atoms with van der Waals surface area (Å²) in [6, 6.07) is 8.17. The molecule has 0 aliphatic carbocycles. The minimum Gasteiger partial charge on any atom is -0.497 e. The second-order valence-corrected chi connectivity index (χ2v) is 7.44. The van der Waals surface area contributed by atoms with Crippen LogP contribution in [-0.2, 0) is 16.4 Å². The highest BCUT2D eigenvalue weighted by Crippen LogP contribution is 2.21. The van der Waals surface area contributed by atoms with Crippen LogP contribution in [0.1, 0.15) is 18.2 Å². The van der Waals surface area contributed by atoms with Crippen LogP contribution in [0.4, 0.5) is 0 Å². The summed E-state index contributed by atoms with van der Waals surface area (Å²) in [5.74, 6) is 1.18. The van der Waals surface area contributed by atoms with Crippen LogP contribution in [0.2, 0.25) is 0 Å². The van der Waals surface area contributed by atoms with E-state index in [2.05, 4.69) is 4.72 Å². The van der Waals surface area contributed by atoms with Gasteiger partial charge < -0.3 is 14.3 Å². The van der Waals surface area contributed by atoms with Crippen molar-refractivity contribution >= 4 is 10.0 Å². The molecule has 2 N–H and O–H groups in total. The van der Waals surface area contributed by atoms with Crippen molar-refractivity contribution in [2.45, 2.75) is 30.8 Å². The van der Waals surface area contributed by atoms with Gasteiger partial charge >= 0.3 is 0 Å². The summed E-state index contributed by atoms with van der Waals surface area (Å²) in [5.41, 5.74) is -0.687. The Balaban J connectivity index is 2.09. The number of aliphatic hydroxyl groups is 1. The Morgan fingerprint density at radius 3 is 2.65 bits per heavy atom. The maximum atomic E-state index is 12.4. The summed E-state index contributed by atoms with van der Waals surface area (Å²) in [4.78, 5) is 0.159. The van der Waals surface area contributed by atoms with Crippen molar-refractivity contribution < 1.29 is 22.7 Å². The van der Waals surface area contributed by atoms with Gasteiger partial charge in [0.2, 0.25) is 10.0 Å². The highest BCUT2D eigenvalue weighted by molar-refractivity contribution is 7.89. The fourth-order valence-electron chi connectivity index (χ4n) is 2.23. The average Bonchev–Trinajstić information content (AvgIpc) is 2.97. The normalized spacial score (nSPS) is 14.4. The highest BCUT2D eigenvalue weighted by atomic mass is 32.2. The minimum atomic E-state index is -3.72. The molecule has 6 nitrogen and oxygen atoms in total. The number of ether oxygens (including phenoxy) is 1. The molecule has 0 saturated heterocycles. The van der Waals surface area contributed by atoms with E-state index in [0.29, 0.717) is 17.1 Å². The van der Waals surface area contributed by atoms with Crippen LogP contribution in [0.5, 0.6) is 5.75 Å². The van der Waals surface area contributed by atoms with Crippen molar-refractivity contribution in [3.63, 3.8) is 0 Å². The van der Waals surface area contributed by atoms with Crippen molar-refractivity contribution in [1.82, 2.24) is 4.72 Å². The van der Waals surface area contributed by atoms with E-state index < -0.39 is 15.6 Å². The first-order valence-corrected chi connectivity index (χ1v) is 8.61. The molecule has 2 aromatic rings. The van der Waals surface area contributed by atoms with Gasteiger partial charge in [0.15, 0.2) is 0 Å². The Labute approximate surface area is 136 Å². The van der Waals surface area contributed by atoms with Crippen molar-refractivity contribution in [2.75, 3.05) is 13.7 Å². The SMILES string of the molecule is COc1ccc(S(=O)(=O)NC[C@](C)(O)Cc2ccco2)c(C)c1. The number of aryl methyl sites for hydroxylation is 1. The fraction of sp³-hybridized carbons (Fsp3) is 0.375. The Bertz CT molecular complexity index is 751. The lowest BCUT2D eigenvalue weighted by Crippen LogP contribution is -2.42. The molecule has 126 valence electrons. The van der Waals surface area contributed by atoms with Crippen molar-refractivity contribution in [1.29, 1.82) is 0 Å². The second kappa shape index (κ2) is 6.74. The van der Waals surface area contributed by atoms with Crippen LogP contribution in [0, 0.1) is 6.92 Å². The zero-order valence-electron chi connectivity index (χ0n) is 13.4. The topological polar surface area (TPSA) is 88.8 Å². The number of rotatable bonds is 7. The molecule has 1 aromatic heterocycles. The van der Waals surface area contributed by atoms with Gasteiger partial charge in [0, 0.05) is 13.0 Å². The highest BCUT2D eigenvalue weighted by Gasteiger charge is 2.26. The van der Waals surface area contributed by atoms with Crippen molar-refractivity contribution in [3.05, 3.63) is 47.9 Å². The van der Waals surface area contributed by atoms with Crippen molar-refractivity contribution in [2.24, 2.45) is 0 Å². The van der Waals surface area contributed by atoms with E-state index in [-0.39, 0.29) is 17.9 Å². The summed E-state index contributed by atoms with van der Waals surface area (Å²) < 4.78 is 37.5. The molecule has 2 rings (SSSR count). The zero-order valence-corrected chi connectivity index (χ0v) is 14.2. The van der Waals surface area contributed by atoms with Gasteiger partial charge in [0.25, 0.3) is 0 Å². The van der Waals surface area contributed by atoms with Crippen LogP contribution in [0.15, 0.2) is 45.9 Å². The smallest absolute Gasteiger partial charge is 0.240 e. The van der Waals surface area contributed by atoms with Crippen LogP contribution in [0.25, 0.3) is 0 Å². The largest absolute Gasteiger partial charge is 0.497 e. The molecule has 0 fully saturated rings. The number of hydrogen-bond donors (Lipinski definition) is 2. The van der Waals surface area contributed by atoms with Crippen LogP contribution in [0.3, 0.4) is 0 Å². The van der Waals surface area contributed by atoms with Gasteiger partial charge in [-0.1, -0.05) is 0 Å². The van der Waals surface area contributed by atoms with Crippen molar-refractivity contribution in [3.8, 4) is 5.75 Å². The monoisotopic (exact) mass is 339 g/mol.